The molecule has 0 spiro atoms. The normalized spacial score (nSPS) is 11.1. The van der Waals surface area contributed by atoms with Crippen molar-refractivity contribution in [1.82, 2.24) is 20.6 Å². The molecule has 1 heterocycles. The summed E-state index contributed by atoms with van der Waals surface area (Å²) in [5.41, 5.74) is 4.12. The van der Waals surface area contributed by atoms with Gasteiger partial charge in [-0.1, -0.05) is 18.2 Å². The highest BCUT2D eigenvalue weighted by molar-refractivity contribution is 6.06. The Kier molecular flexibility index (Phi) is 7.45. The summed E-state index contributed by atoms with van der Waals surface area (Å²) in [5, 5.41) is 8.03. The van der Waals surface area contributed by atoms with Gasteiger partial charge in [-0.05, 0) is 64.4 Å². The van der Waals surface area contributed by atoms with Crippen molar-refractivity contribution in [2.24, 2.45) is 0 Å². The monoisotopic (exact) mass is 463 g/mol. The third kappa shape index (κ3) is 6.74. The number of carbonyl (C=O) groups is 3. The van der Waals surface area contributed by atoms with Gasteiger partial charge in [0.25, 0.3) is 5.91 Å². The lowest BCUT2D eigenvalue weighted by Gasteiger charge is -2.19. The Morgan fingerprint density at radius 2 is 1.59 bits per heavy atom. The minimum absolute atomic E-state index is 0.174. The average molecular weight is 464 g/mol. The van der Waals surface area contributed by atoms with Crippen LogP contribution in [0.5, 0.6) is 0 Å². The summed E-state index contributed by atoms with van der Waals surface area (Å²) in [6.07, 6.45) is -0.666. The van der Waals surface area contributed by atoms with Crippen LogP contribution in [0.4, 0.5) is 10.5 Å². The second-order valence-corrected chi connectivity index (χ2v) is 8.84. The fourth-order valence-electron chi connectivity index (χ4n) is 3.09. The highest BCUT2D eigenvalue weighted by atomic mass is 16.6. The van der Waals surface area contributed by atoms with E-state index in [2.05, 4.69) is 25.9 Å². The zero-order chi connectivity index (χ0) is 24.9. The fraction of sp³-hybridized carbons (Fsp3) is 0.320. The van der Waals surface area contributed by atoms with Gasteiger partial charge in [-0.15, -0.1) is 0 Å². The number of nitrogens with one attached hydrogen (secondary N) is 3. The van der Waals surface area contributed by atoms with E-state index in [4.69, 9.17) is 4.74 Å². The SMILES string of the molecule is Cc1nc2ccc(C(=O)Nc3ccccc3CNC(=O)CNC(=O)OC(C)(C)C)cc2nc1C. The number of rotatable bonds is 6. The molecule has 0 saturated carbocycles. The van der Waals surface area contributed by atoms with Crippen LogP contribution in [-0.2, 0) is 16.1 Å². The molecule has 0 radical (unpaired) electrons. The number of anilines is 1. The first-order chi connectivity index (χ1) is 16.0. The Bertz CT molecular complexity index is 1230. The van der Waals surface area contributed by atoms with Crippen molar-refractivity contribution < 1.29 is 19.1 Å². The van der Waals surface area contributed by atoms with Gasteiger partial charge in [0.05, 0.1) is 22.4 Å². The number of benzene rings is 2. The second kappa shape index (κ2) is 10.3. The first-order valence-electron chi connectivity index (χ1n) is 10.9. The second-order valence-electron chi connectivity index (χ2n) is 8.84. The quantitative estimate of drug-likeness (QED) is 0.513. The van der Waals surface area contributed by atoms with Gasteiger partial charge < -0.3 is 20.7 Å². The van der Waals surface area contributed by atoms with E-state index in [0.29, 0.717) is 22.3 Å². The molecule has 0 saturated heterocycles. The van der Waals surface area contributed by atoms with Crippen LogP contribution in [-0.4, -0.2) is 40.0 Å². The van der Waals surface area contributed by atoms with Crippen molar-refractivity contribution in [2.45, 2.75) is 46.8 Å². The van der Waals surface area contributed by atoms with E-state index < -0.39 is 11.7 Å². The summed E-state index contributed by atoms with van der Waals surface area (Å²) in [5.74, 6) is -0.682. The molecule has 3 rings (SSSR count). The first kappa shape index (κ1) is 24.6. The molecular formula is C25H29N5O4. The minimum Gasteiger partial charge on any atom is -0.444 e. The first-order valence-corrected chi connectivity index (χ1v) is 10.9. The molecule has 3 N–H and O–H groups in total. The van der Waals surface area contributed by atoms with Gasteiger partial charge in [0.15, 0.2) is 0 Å². The standard InChI is InChI=1S/C25H29N5O4/c1-15-16(2)29-21-12-17(10-11-20(21)28-15)23(32)30-19-9-7-6-8-18(19)13-26-22(31)14-27-24(33)34-25(3,4)5/h6-12H,13-14H2,1-5H3,(H,26,31)(H,27,33)(H,30,32). The summed E-state index contributed by atoms with van der Waals surface area (Å²) in [4.78, 5) is 45.7. The minimum atomic E-state index is -0.666. The lowest BCUT2D eigenvalue weighted by molar-refractivity contribution is -0.120. The topological polar surface area (TPSA) is 122 Å². The molecule has 9 heteroatoms. The van der Waals surface area contributed by atoms with Crippen LogP contribution < -0.4 is 16.0 Å². The van der Waals surface area contributed by atoms with E-state index in [-0.39, 0.29) is 24.9 Å². The van der Waals surface area contributed by atoms with Gasteiger partial charge in [-0.25, -0.2) is 14.8 Å². The van der Waals surface area contributed by atoms with Crippen LogP contribution in [0.25, 0.3) is 11.0 Å². The van der Waals surface area contributed by atoms with Crippen LogP contribution in [0.3, 0.4) is 0 Å². The molecule has 0 aliphatic carbocycles. The number of amides is 3. The molecule has 9 nitrogen and oxygen atoms in total. The highest BCUT2D eigenvalue weighted by Crippen LogP contribution is 2.19. The zero-order valence-electron chi connectivity index (χ0n) is 20.0. The summed E-state index contributed by atoms with van der Waals surface area (Å²) < 4.78 is 5.11. The maximum absolute atomic E-state index is 12.9. The van der Waals surface area contributed by atoms with Crippen molar-refractivity contribution in [2.75, 3.05) is 11.9 Å². The lowest BCUT2D eigenvalue weighted by atomic mass is 10.1. The molecule has 178 valence electrons. The number of fused-ring (bicyclic) bond motifs is 1. The van der Waals surface area contributed by atoms with Gasteiger partial charge >= 0.3 is 6.09 Å². The van der Waals surface area contributed by atoms with Crippen molar-refractivity contribution >= 4 is 34.6 Å². The lowest BCUT2D eigenvalue weighted by Crippen LogP contribution is -2.39. The number of nitrogens with zero attached hydrogens (tertiary/aromatic N) is 2. The Morgan fingerprint density at radius 3 is 2.29 bits per heavy atom. The van der Waals surface area contributed by atoms with Crippen molar-refractivity contribution in [3.8, 4) is 0 Å². The number of ether oxygens (including phenoxy) is 1. The molecule has 0 aliphatic rings. The fourth-order valence-corrected chi connectivity index (χ4v) is 3.09. The Morgan fingerprint density at radius 1 is 0.912 bits per heavy atom. The number of aryl methyl sites for hydroxylation is 2. The third-order valence-corrected chi connectivity index (χ3v) is 4.87. The van der Waals surface area contributed by atoms with Gasteiger partial charge in [0, 0.05) is 17.8 Å². The smallest absolute Gasteiger partial charge is 0.408 e. The molecule has 0 aliphatic heterocycles. The molecule has 0 fully saturated rings. The van der Waals surface area contributed by atoms with E-state index >= 15 is 0 Å². The number of alkyl carbamates (subject to hydrolysis) is 1. The molecule has 0 bridgehead atoms. The number of aromatic nitrogens is 2. The molecule has 34 heavy (non-hydrogen) atoms. The summed E-state index contributed by atoms with van der Waals surface area (Å²) in [7, 11) is 0. The molecule has 3 aromatic rings. The number of hydrogen-bond donors (Lipinski definition) is 3. The Labute approximate surface area is 198 Å². The predicted octanol–water partition coefficient (Wildman–Crippen LogP) is 3.64. The molecule has 2 aromatic carbocycles. The highest BCUT2D eigenvalue weighted by Gasteiger charge is 2.17. The number of hydrogen-bond acceptors (Lipinski definition) is 6. The molecule has 1 aromatic heterocycles. The number of carbonyl (C=O) groups excluding carboxylic acids is 3. The van der Waals surface area contributed by atoms with Gasteiger partial charge in [-0.3, -0.25) is 9.59 Å². The van der Waals surface area contributed by atoms with E-state index in [0.717, 1.165) is 16.9 Å². The van der Waals surface area contributed by atoms with Crippen molar-refractivity contribution in [1.29, 1.82) is 0 Å². The Balaban J connectivity index is 1.62. The van der Waals surface area contributed by atoms with Crippen molar-refractivity contribution in [3.63, 3.8) is 0 Å². The zero-order valence-corrected chi connectivity index (χ0v) is 20.0. The summed E-state index contributed by atoms with van der Waals surface area (Å²) in [6, 6.07) is 12.3. The van der Waals surface area contributed by atoms with Gasteiger partial charge in [0.2, 0.25) is 5.91 Å². The van der Waals surface area contributed by atoms with E-state index in [1.54, 1.807) is 57.2 Å². The summed E-state index contributed by atoms with van der Waals surface area (Å²) in [6.45, 7) is 8.95. The van der Waals surface area contributed by atoms with Crippen LogP contribution >= 0.6 is 0 Å². The number of para-hydroxylation sites is 1. The summed E-state index contributed by atoms with van der Waals surface area (Å²) >= 11 is 0. The van der Waals surface area contributed by atoms with Gasteiger partial charge in [0.1, 0.15) is 12.1 Å². The molecule has 0 unspecified atom stereocenters. The average Bonchev–Trinajstić information content (AvgIpc) is 2.76. The van der Waals surface area contributed by atoms with Crippen molar-refractivity contribution in [3.05, 3.63) is 65.0 Å². The van der Waals surface area contributed by atoms with E-state index in [1.807, 2.05) is 19.9 Å². The van der Waals surface area contributed by atoms with Crippen LogP contribution in [0.1, 0.15) is 48.1 Å². The van der Waals surface area contributed by atoms with E-state index in [1.165, 1.54) is 0 Å². The molecule has 0 atom stereocenters. The van der Waals surface area contributed by atoms with Crippen LogP contribution in [0.15, 0.2) is 42.5 Å². The van der Waals surface area contributed by atoms with Gasteiger partial charge in [-0.2, -0.15) is 0 Å². The van der Waals surface area contributed by atoms with E-state index in [9.17, 15) is 14.4 Å². The third-order valence-electron chi connectivity index (χ3n) is 4.87. The maximum atomic E-state index is 12.9. The molecular weight excluding hydrogens is 434 g/mol. The largest absolute Gasteiger partial charge is 0.444 e. The van der Waals surface area contributed by atoms with Crippen LogP contribution in [0.2, 0.25) is 0 Å². The van der Waals surface area contributed by atoms with Crippen LogP contribution in [0, 0.1) is 13.8 Å². The predicted molar refractivity (Wildman–Crippen MR) is 129 cm³/mol. The Hall–Kier alpha value is -4.01. The maximum Gasteiger partial charge on any atom is 0.408 e. The molecule has 3 amide bonds.